The van der Waals surface area contributed by atoms with Gasteiger partial charge >= 0.3 is 0 Å². The molecule has 0 atom stereocenters. The van der Waals surface area contributed by atoms with E-state index in [-0.39, 0.29) is 0 Å². The second-order valence-electron chi connectivity index (χ2n) is 18.2. The van der Waals surface area contributed by atoms with Gasteiger partial charge in [0.2, 0.25) is 0 Å². The van der Waals surface area contributed by atoms with Crippen molar-refractivity contribution in [1.29, 1.82) is 0 Å². The molecule has 2 heterocycles. The molecule has 5 heteroatoms. The summed E-state index contributed by atoms with van der Waals surface area (Å²) in [6, 6.07) is 88.8. The number of rotatable bonds is 7. The molecule has 0 bridgehead atoms. The first-order valence-electron chi connectivity index (χ1n) is 23.8. The maximum atomic E-state index is 5.31. The zero-order valence-electron chi connectivity index (χ0n) is 37.9. The third-order valence-corrected chi connectivity index (χ3v) is 14.3. The molecule has 10 aromatic carbocycles. The summed E-state index contributed by atoms with van der Waals surface area (Å²) in [5.41, 5.74) is 20.8. The first-order valence-corrected chi connectivity index (χ1v) is 23.8. The summed E-state index contributed by atoms with van der Waals surface area (Å²) in [7, 11) is 0. The lowest BCUT2D eigenvalue weighted by Crippen LogP contribution is -2.26. The molecular weight excluding hydrogens is 851 g/mol. The fourth-order valence-corrected chi connectivity index (χ4v) is 11.2. The van der Waals surface area contributed by atoms with Gasteiger partial charge in [-0.1, -0.05) is 200 Å². The summed E-state index contributed by atoms with van der Waals surface area (Å²) in [5, 5.41) is 0. The number of benzene rings is 10. The van der Waals surface area contributed by atoms with Crippen LogP contribution in [0.15, 0.2) is 249 Å². The number of fused-ring (bicyclic) bond motifs is 11. The Kier molecular flexibility index (Phi) is 9.04. The van der Waals surface area contributed by atoms with Crippen LogP contribution in [-0.4, -0.2) is 24.5 Å². The van der Waals surface area contributed by atoms with Gasteiger partial charge in [0.1, 0.15) is 5.82 Å². The first kappa shape index (κ1) is 39.8. The van der Waals surface area contributed by atoms with Crippen molar-refractivity contribution < 1.29 is 0 Å². The highest BCUT2D eigenvalue weighted by atomic mass is 15.1. The van der Waals surface area contributed by atoms with Crippen LogP contribution in [0, 0.1) is 0 Å². The summed E-state index contributed by atoms with van der Waals surface area (Å²) in [4.78, 5) is 20.9. The van der Waals surface area contributed by atoms with Crippen LogP contribution in [0.3, 0.4) is 0 Å². The van der Waals surface area contributed by atoms with Gasteiger partial charge in [-0.15, -0.1) is 0 Å². The zero-order chi connectivity index (χ0) is 46.2. The molecule has 2 aromatic heterocycles. The van der Waals surface area contributed by atoms with Crippen molar-refractivity contribution in [3.8, 4) is 95.7 Å². The lowest BCUT2D eigenvalue weighted by molar-refractivity contribution is 0.794. The van der Waals surface area contributed by atoms with Gasteiger partial charge in [0.05, 0.1) is 16.4 Å². The predicted octanol–water partition coefficient (Wildman–Crippen LogP) is 15.6. The highest BCUT2D eigenvalue weighted by Gasteiger charge is 2.51. The van der Waals surface area contributed by atoms with Crippen molar-refractivity contribution in [2.24, 2.45) is 0 Å². The molecule has 326 valence electrons. The average molecular weight is 892 g/mol. The van der Waals surface area contributed by atoms with E-state index in [2.05, 4.69) is 229 Å². The van der Waals surface area contributed by atoms with Crippen LogP contribution in [0.2, 0.25) is 0 Å². The number of hydrogen-bond donors (Lipinski definition) is 0. The molecule has 5 nitrogen and oxygen atoms in total. The summed E-state index contributed by atoms with van der Waals surface area (Å²) in [6.45, 7) is 0. The molecule has 0 radical (unpaired) electrons. The Morgan fingerprint density at radius 2 is 0.700 bits per heavy atom. The molecule has 0 aliphatic heterocycles. The lowest BCUT2D eigenvalue weighted by atomic mass is 9.70. The number of hydrogen-bond acceptors (Lipinski definition) is 4. The van der Waals surface area contributed by atoms with Gasteiger partial charge in [0.25, 0.3) is 0 Å². The summed E-state index contributed by atoms with van der Waals surface area (Å²) in [6.07, 6.45) is 0. The Balaban J connectivity index is 0.952. The number of aromatic nitrogens is 5. The molecule has 0 amide bonds. The molecular formula is C65H41N5. The fourth-order valence-electron chi connectivity index (χ4n) is 11.2. The molecule has 14 rings (SSSR count). The van der Waals surface area contributed by atoms with Crippen LogP contribution >= 0.6 is 0 Å². The van der Waals surface area contributed by atoms with Crippen molar-refractivity contribution in [1.82, 2.24) is 24.5 Å². The Morgan fingerprint density at radius 3 is 1.37 bits per heavy atom. The smallest absolute Gasteiger partial charge is 0.164 e. The highest BCUT2D eigenvalue weighted by Crippen LogP contribution is 2.63. The van der Waals surface area contributed by atoms with Gasteiger partial charge in [-0.2, -0.15) is 0 Å². The fraction of sp³-hybridized carbons (Fsp3) is 0.0154. The molecule has 0 N–H and O–H groups in total. The van der Waals surface area contributed by atoms with Crippen LogP contribution < -0.4 is 0 Å². The van der Waals surface area contributed by atoms with Crippen molar-refractivity contribution in [3.05, 3.63) is 271 Å². The minimum absolute atomic E-state index is 0.606. The quantitative estimate of drug-likeness (QED) is 0.160. The van der Waals surface area contributed by atoms with Gasteiger partial charge in [0, 0.05) is 27.9 Å². The third-order valence-electron chi connectivity index (χ3n) is 14.3. The molecule has 2 aliphatic carbocycles. The summed E-state index contributed by atoms with van der Waals surface area (Å²) >= 11 is 0. The maximum absolute atomic E-state index is 5.31. The lowest BCUT2D eigenvalue weighted by Gasteiger charge is -2.31. The van der Waals surface area contributed by atoms with Crippen LogP contribution in [0.5, 0.6) is 0 Å². The number of para-hydroxylation sites is 3. The normalized spacial score (nSPS) is 12.7. The van der Waals surface area contributed by atoms with E-state index in [0.29, 0.717) is 17.5 Å². The SMILES string of the molecule is c1ccc(-c2cccc(-c3nc(-c4ccccc4)nc(-c4ccc5c(c4)C4(c6ccccc6-c6ccccc64)c4cc(-c6cccc(-c7nc8ccccc8n7-c7ccccc7)c6)ccc4-5)n3)c2)cc1. The highest BCUT2D eigenvalue weighted by molar-refractivity contribution is 5.97. The van der Waals surface area contributed by atoms with Gasteiger partial charge in [-0.25, -0.2) is 19.9 Å². The topological polar surface area (TPSA) is 56.5 Å². The third kappa shape index (κ3) is 6.18. The second-order valence-corrected chi connectivity index (χ2v) is 18.2. The molecule has 0 saturated carbocycles. The van der Waals surface area contributed by atoms with Crippen LogP contribution in [0.1, 0.15) is 22.3 Å². The van der Waals surface area contributed by atoms with E-state index in [1.165, 1.54) is 44.5 Å². The van der Waals surface area contributed by atoms with Gasteiger partial charge in [0.15, 0.2) is 17.5 Å². The van der Waals surface area contributed by atoms with Crippen molar-refractivity contribution in [2.45, 2.75) is 5.41 Å². The molecule has 2 aliphatic rings. The molecule has 0 fully saturated rings. The minimum Gasteiger partial charge on any atom is -0.292 e. The number of imidazole rings is 1. The molecule has 70 heavy (non-hydrogen) atoms. The van der Waals surface area contributed by atoms with E-state index in [1.807, 2.05) is 24.3 Å². The monoisotopic (exact) mass is 891 g/mol. The first-order chi connectivity index (χ1) is 34.7. The van der Waals surface area contributed by atoms with Crippen LogP contribution in [0.25, 0.3) is 107 Å². The van der Waals surface area contributed by atoms with Crippen molar-refractivity contribution in [3.63, 3.8) is 0 Å². The van der Waals surface area contributed by atoms with Gasteiger partial charge in [-0.3, -0.25) is 4.57 Å². The van der Waals surface area contributed by atoms with Crippen molar-refractivity contribution in [2.75, 3.05) is 0 Å². The van der Waals surface area contributed by atoms with E-state index in [1.54, 1.807) is 0 Å². The van der Waals surface area contributed by atoms with Crippen LogP contribution in [0.4, 0.5) is 0 Å². The number of nitrogens with zero attached hydrogens (tertiary/aromatic N) is 5. The standard InChI is InChI=1S/C65H41N5/c1-4-18-42(19-5-1)44-22-16-24-47(38-44)62-67-61(43-20-6-2-7-21-43)68-63(69-62)48-35-37-54-53-36-34-46(40-57(53)65(58(54)41-48)55-30-12-10-28-51(55)52-29-11-13-31-56(52)65)45-23-17-25-49(39-45)64-66-59-32-14-15-33-60(59)70(64)50-26-8-3-9-27-50/h1-41H. The van der Waals surface area contributed by atoms with E-state index in [4.69, 9.17) is 19.9 Å². The molecule has 1 spiro atoms. The molecule has 0 saturated heterocycles. The van der Waals surface area contributed by atoms with E-state index < -0.39 is 5.41 Å². The minimum atomic E-state index is -0.606. The molecule has 0 unspecified atom stereocenters. The van der Waals surface area contributed by atoms with Crippen molar-refractivity contribution >= 4 is 11.0 Å². The Labute approximate surface area is 405 Å². The Morgan fingerprint density at radius 1 is 0.271 bits per heavy atom. The second kappa shape index (κ2) is 15.9. The average Bonchev–Trinajstić information content (AvgIpc) is 4.08. The van der Waals surface area contributed by atoms with E-state index in [9.17, 15) is 0 Å². The van der Waals surface area contributed by atoms with E-state index >= 15 is 0 Å². The summed E-state index contributed by atoms with van der Waals surface area (Å²) in [5.74, 6) is 2.79. The van der Waals surface area contributed by atoms with Gasteiger partial charge < -0.3 is 0 Å². The van der Waals surface area contributed by atoms with Gasteiger partial charge in [-0.05, 0) is 115 Å². The zero-order valence-corrected chi connectivity index (χ0v) is 37.9. The Bertz CT molecular complexity index is 3960. The largest absolute Gasteiger partial charge is 0.292 e. The maximum Gasteiger partial charge on any atom is 0.164 e. The van der Waals surface area contributed by atoms with E-state index in [0.717, 1.165) is 67.1 Å². The van der Waals surface area contributed by atoms with Crippen LogP contribution in [-0.2, 0) is 5.41 Å². The molecule has 12 aromatic rings. The summed E-state index contributed by atoms with van der Waals surface area (Å²) < 4.78 is 2.27. The Hall–Kier alpha value is -9.32. The predicted molar refractivity (Wildman–Crippen MR) is 283 cm³/mol.